The number of carbonyl (C=O) groups excluding carboxylic acids is 2. The molecule has 1 saturated heterocycles. The molecule has 1 spiro atoms. The van der Waals surface area contributed by atoms with Gasteiger partial charge in [-0.15, -0.1) is 0 Å². The Morgan fingerprint density at radius 2 is 1.85 bits per heavy atom. The zero-order chi connectivity index (χ0) is 27.7. The number of piperidine rings is 1. The molecule has 0 radical (unpaired) electrons. The van der Waals surface area contributed by atoms with Gasteiger partial charge in [-0.1, -0.05) is 36.4 Å². The van der Waals surface area contributed by atoms with Crippen LogP contribution >= 0.6 is 0 Å². The summed E-state index contributed by atoms with van der Waals surface area (Å²) >= 11 is 0. The van der Waals surface area contributed by atoms with E-state index in [-0.39, 0.29) is 17.8 Å². The van der Waals surface area contributed by atoms with Crippen molar-refractivity contribution in [2.24, 2.45) is 0 Å². The molecule has 4 aliphatic rings. The summed E-state index contributed by atoms with van der Waals surface area (Å²) in [5.74, 6) is -0.187. The van der Waals surface area contributed by atoms with Gasteiger partial charge >= 0.3 is 11.9 Å². The van der Waals surface area contributed by atoms with Crippen LogP contribution in [0.1, 0.15) is 49.8 Å². The third-order valence-corrected chi connectivity index (χ3v) is 11.2. The Morgan fingerprint density at radius 3 is 2.54 bits per heavy atom. The van der Waals surface area contributed by atoms with Crippen molar-refractivity contribution in [2.75, 3.05) is 20.6 Å². The second-order valence-corrected chi connectivity index (χ2v) is 13.4. The van der Waals surface area contributed by atoms with Gasteiger partial charge < -0.3 is 14.2 Å². The molecule has 2 aromatic rings. The summed E-state index contributed by atoms with van der Waals surface area (Å²) in [5.41, 5.74) is 0.978. The Labute approximate surface area is 229 Å². The number of hydrogen-bond donors (Lipinski definition) is 0. The third kappa shape index (κ3) is 3.75. The van der Waals surface area contributed by atoms with Crippen LogP contribution in [0.3, 0.4) is 0 Å². The van der Waals surface area contributed by atoms with Gasteiger partial charge in [0.25, 0.3) is 0 Å². The van der Waals surface area contributed by atoms with Crippen LogP contribution in [0, 0.1) is 0 Å². The lowest BCUT2D eigenvalue weighted by Gasteiger charge is -2.65. The number of ether oxygens (including phenoxy) is 3. The van der Waals surface area contributed by atoms with Gasteiger partial charge in [0, 0.05) is 26.5 Å². The van der Waals surface area contributed by atoms with Crippen LogP contribution in [-0.4, -0.2) is 74.0 Å². The predicted octanol–water partition coefficient (Wildman–Crippen LogP) is 2.80. The molecule has 2 aromatic carbocycles. The Kier molecular flexibility index (Phi) is 6.09. The number of carbonyl (C=O) groups is 2. The molecule has 39 heavy (non-hydrogen) atoms. The maximum absolute atomic E-state index is 13.7. The van der Waals surface area contributed by atoms with Crippen molar-refractivity contribution in [1.82, 2.24) is 9.21 Å². The predicted molar refractivity (Wildman–Crippen MR) is 143 cm³/mol. The lowest BCUT2D eigenvalue weighted by Crippen LogP contribution is -2.78. The molecule has 2 bridgehead atoms. The highest BCUT2D eigenvalue weighted by molar-refractivity contribution is 7.88. The lowest BCUT2D eigenvalue weighted by atomic mass is 9.48. The van der Waals surface area contributed by atoms with Crippen LogP contribution in [0.25, 0.3) is 0 Å². The monoisotopic (exact) mass is 554 g/mol. The molecule has 1 saturated carbocycles. The van der Waals surface area contributed by atoms with Crippen LogP contribution in [0.15, 0.2) is 42.5 Å². The first-order valence-corrected chi connectivity index (χ1v) is 15.0. The molecule has 2 aliphatic heterocycles. The molecule has 2 aliphatic carbocycles. The van der Waals surface area contributed by atoms with E-state index in [2.05, 4.69) is 11.9 Å². The van der Waals surface area contributed by atoms with Gasteiger partial charge in [-0.2, -0.15) is 4.31 Å². The molecule has 208 valence electrons. The fourth-order valence-corrected chi connectivity index (χ4v) is 9.30. The van der Waals surface area contributed by atoms with Crippen molar-refractivity contribution < 1.29 is 32.2 Å². The second kappa shape index (κ2) is 9.04. The molecule has 2 fully saturated rings. The largest absolute Gasteiger partial charge is 0.483 e. The van der Waals surface area contributed by atoms with E-state index >= 15 is 0 Å². The van der Waals surface area contributed by atoms with E-state index in [0.29, 0.717) is 42.7 Å². The summed E-state index contributed by atoms with van der Waals surface area (Å²) in [4.78, 5) is 26.9. The summed E-state index contributed by atoms with van der Waals surface area (Å²) in [7, 11) is -0.0422. The van der Waals surface area contributed by atoms with Gasteiger partial charge in [-0.05, 0) is 56.5 Å². The van der Waals surface area contributed by atoms with E-state index in [4.69, 9.17) is 14.2 Å². The van der Waals surface area contributed by atoms with E-state index in [1.807, 2.05) is 24.3 Å². The van der Waals surface area contributed by atoms with E-state index in [1.165, 1.54) is 18.2 Å². The molecule has 6 rings (SSSR count). The SMILES string of the molecule is CC(=O)Oc1ccc2c3c1O[C@H]1[C@H](N(C)S(=O)(=O)Cc4ccccc4)CC[C@@]4(OC(C)=O)[C@@H](C2)N(C)CC[C@]314. The van der Waals surface area contributed by atoms with E-state index in [0.717, 1.165) is 17.7 Å². The van der Waals surface area contributed by atoms with E-state index in [1.54, 1.807) is 25.2 Å². The quantitative estimate of drug-likeness (QED) is 0.397. The van der Waals surface area contributed by atoms with Gasteiger partial charge in [0.1, 0.15) is 11.7 Å². The zero-order valence-corrected chi connectivity index (χ0v) is 23.5. The molecule has 10 heteroatoms. The highest BCUT2D eigenvalue weighted by Gasteiger charge is 2.75. The number of esters is 2. The fourth-order valence-electron chi connectivity index (χ4n) is 7.85. The zero-order valence-electron chi connectivity index (χ0n) is 22.7. The van der Waals surface area contributed by atoms with E-state index < -0.39 is 39.2 Å². The molecule has 5 atom stereocenters. The lowest BCUT2D eigenvalue weighted by molar-refractivity contribution is -0.218. The van der Waals surface area contributed by atoms with Crippen molar-refractivity contribution in [3.8, 4) is 11.5 Å². The summed E-state index contributed by atoms with van der Waals surface area (Å²) in [6.45, 7) is 3.51. The van der Waals surface area contributed by atoms with Crippen molar-refractivity contribution in [1.29, 1.82) is 0 Å². The molecule has 0 amide bonds. The van der Waals surface area contributed by atoms with Gasteiger partial charge in [0.15, 0.2) is 11.5 Å². The average molecular weight is 555 g/mol. The first-order chi connectivity index (χ1) is 18.5. The molecular weight excluding hydrogens is 520 g/mol. The Hall–Kier alpha value is -2.95. The summed E-state index contributed by atoms with van der Waals surface area (Å²) < 4.78 is 47.6. The number of rotatable bonds is 6. The van der Waals surface area contributed by atoms with Crippen LogP contribution in [-0.2, 0) is 41.9 Å². The number of nitrogens with zero attached hydrogens (tertiary/aromatic N) is 2. The second-order valence-electron chi connectivity index (χ2n) is 11.3. The molecular formula is C29H34N2O7S. The summed E-state index contributed by atoms with van der Waals surface area (Å²) in [6, 6.07) is 12.2. The van der Waals surface area contributed by atoms with Crippen LogP contribution in [0.5, 0.6) is 11.5 Å². The van der Waals surface area contributed by atoms with Crippen molar-refractivity contribution in [3.63, 3.8) is 0 Å². The van der Waals surface area contributed by atoms with Crippen molar-refractivity contribution in [2.45, 2.75) is 74.5 Å². The van der Waals surface area contributed by atoms with Crippen LogP contribution < -0.4 is 9.47 Å². The Bertz CT molecular complexity index is 1450. The maximum Gasteiger partial charge on any atom is 0.308 e. The van der Waals surface area contributed by atoms with Gasteiger partial charge in [0.05, 0.1) is 23.3 Å². The van der Waals surface area contributed by atoms with Gasteiger partial charge in [-0.3, -0.25) is 14.5 Å². The molecule has 2 heterocycles. The summed E-state index contributed by atoms with van der Waals surface area (Å²) in [5, 5.41) is 0. The number of benzene rings is 2. The standard InChI is InChI=1S/C29H34N2O7S/c1-18(32)36-23-11-10-21-16-24-29(38-19(2)33)13-12-22(31(4)39(34,35)17-20-8-6-5-7-9-20)27-28(29,14-15-30(24)3)25(21)26(23)37-27/h5-11,22,24,27H,12-17H2,1-4H3/t22-,24-,27+,28+,29-/m1/s1. The van der Waals surface area contributed by atoms with E-state index in [9.17, 15) is 18.0 Å². The molecule has 0 aromatic heterocycles. The first kappa shape index (κ1) is 26.3. The average Bonchev–Trinajstić information content (AvgIpc) is 3.22. The third-order valence-electron chi connectivity index (χ3n) is 9.32. The normalized spacial score (nSPS) is 30.8. The number of sulfonamides is 1. The number of likely N-dealkylation sites (tertiary alicyclic amines) is 1. The molecule has 9 nitrogen and oxygen atoms in total. The number of hydrogen-bond acceptors (Lipinski definition) is 8. The number of likely N-dealkylation sites (N-methyl/N-ethyl adjacent to an activating group) is 2. The summed E-state index contributed by atoms with van der Waals surface area (Å²) in [6.07, 6.45) is 1.60. The minimum atomic E-state index is -3.71. The highest BCUT2D eigenvalue weighted by Crippen LogP contribution is 2.67. The van der Waals surface area contributed by atoms with Crippen molar-refractivity contribution in [3.05, 3.63) is 59.2 Å². The van der Waals surface area contributed by atoms with Crippen molar-refractivity contribution >= 4 is 22.0 Å². The fraction of sp³-hybridized carbons (Fsp3) is 0.517. The molecule has 0 unspecified atom stereocenters. The molecule has 0 N–H and O–H groups in total. The Balaban J connectivity index is 1.51. The minimum Gasteiger partial charge on any atom is -0.483 e. The Morgan fingerprint density at radius 1 is 1.10 bits per heavy atom. The maximum atomic E-state index is 13.7. The topological polar surface area (TPSA) is 102 Å². The van der Waals surface area contributed by atoms with Crippen LogP contribution in [0.2, 0.25) is 0 Å². The van der Waals surface area contributed by atoms with Gasteiger partial charge in [-0.25, -0.2) is 8.42 Å². The van der Waals surface area contributed by atoms with Gasteiger partial charge in [0.2, 0.25) is 10.0 Å². The minimum absolute atomic E-state index is 0.0912. The highest BCUT2D eigenvalue weighted by atomic mass is 32.2. The smallest absolute Gasteiger partial charge is 0.308 e. The van der Waals surface area contributed by atoms with Crippen LogP contribution in [0.4, 0.5) is 0 Å². The first-order valence-electron chi connectivity index (χ1n) is 13.4.